The third-order valence-corrected chi connectivity index (χ3v) is 4.85. The molecule has 1 aromatic heterocycles. The van der Waals surface area contributed by atoms with E-state index in [4.69, 9.17) is 9.15 Å². The highest BCUT2D eigenvalue weighted by molar-refractivity contribution is 9.11. The highest BCUT2D eigenvalue weighted by atomic mass is 79.9. The quantitative estimate of drug-likeness (QED) is 0.319. The number of carbonyl (C=O) groups is 1. The normalized spacial score (nSPS) is 11.4. The molecule has 1 aromatic carbocycles. The lowest BCUT2D eigenvalue weighted by molar-refractivity contribution is -0.131. The van der Waals surface area contributed by atoms with Gasteiger partial charge in [0.15, 0.2) is 0 Å². The van der Waals surface area contributed by atoms with E-state index >= 15 is 0 Å². The minimum atomic E-state index is -1.08. The molecule has 6 nitrogen and oxygen atoms in total. The van der Waals surface area contributed by atoms with Crippen LogP contribution in [0.3, 0.4) is 0 Å². The Labute approximate surface area is 165 Å². The van der Waals surface area contributed by atoms with Gasteiger partial charge in [0.25, 0.3) is 5.22 Å². The zero-order valence-electron chi connectivity index (χ0n) is 13.2. The highest BCUT2D eigenvalue weighted by Gasteiger charge is 2.16. The largest absolute Gasteiger partial charge is 0.487 e. The molecule has 0 saturated carbocycles. The summed E-state index contributed by atoms with van der Waals surface area (Å²) in [4.78, 5) is 11.6. The van der Waals surface area contributed by atoms with Crippen molar-refractivity contribution in [3.63, 3.8) is 0 Å². The van der Waals surface area contributed by atoms with Gasteiger partial charge in [-0.25, -0.2) is 4.79 Å². The van der Waals surface area contributed by atoms with Gasteiger partial charge in [0.2, 0.25) is 5.89 Å². The van der Waals surface area contributed by atoms with Crippen LogP contribution in [0.2, 0.25) is 0 Å². The van der Waals surface area contributed by atoms with Gasteiger partial charge in [-0.2, -0.15) is 0 Å². The van der Waals surface area contributed by atoms with Gasteiger partial charge in [0.05, 0.1) is 8.95 Å². The van der Waals surface area contributed by atoms with E-state index in [1.165, 1.54) is 6.08 Å². The number of aryl methyl sites for hydroxylation is 1. The molecule has 1 heterocycles. The van der Waals surface area contributed by atoms with Crippen LogP contribution in [0.5, 0.6) is 5.75 Å². The molecule has 0 atom stereocenters. The third kappa shape index (κ3) is 5.45. The molecule has 25 heavy (non-hydrogen) atoms. The predicted octanol–water partition coefficient (Wildman–Crippen LogP) is 4.94. The maximum atomic E-state index is 11.5. The molecule has 132 valence electrons. The fourth-order valence-corrected chi connectivity index (χ4v) is 3.89. The lowest BCUT2D eigenvalue weighted by Crippen LogP contribution is -1.98. The first-order valence-electron chi connectivity index (χ1n) is 7.12. The van der Waals surface area contributed by atoms with E-state index in [0.717, 1.165) is 11.8 Å². The molecule has 0 aliphatic carbocycles. The van der Waals surface area contributed by atoms with E-state index in [9.17, 15) is 9.90 Å². The van der Waals surface area contributed by atoms with Crippen LogP contribution in [0, 0.1) is 0 Å². The SMILES string of the molecule is C=CCOc1c(Br)cc(/C=C(\Sc2nnc(CC)o2)C(=O)O)cc1Br. The number of hydrogen-bond acceptors (Lipinski definition) is 6. The van der Waals surface area contributed by atoms with Crippen LogP contribution >= 0.6 is 43.6 Å². The van der Waals surface area contributed by atoms with E-state index in [1.54, 1.807) is 18.2 Å². The molecule has 0 amide bonds. The van der Waals surface area contributed by atoms with Gasteiger partial charge in [0.1, 0.15) is 17.3 Å². The van der Waals surface area contributed by atoms with Crippen molar-refractivity contribution in [3.05, 3.63) is 50.1 Å². The van der Waals surface area contributed by atoms with Crippen molar-refractivity contribution in [2.75, 3.05) is 6.61 Å². The average Bonchev–Trinajstić information content (AvgIpc) is 3.01. The van der Waals surface area contributed by atoms with Crippen LogP contribution < -0.4 is 4.74 Å². The summed E-state index contributed by atoms with van der Waals surface area (Å²) in [7, 11) is 0. The van der Waals surface area contributed by atoms with E-state index in [-0.39, 0.29) is 10.1 Å². The first kappa shape index (κ1) is 19.7. The van der Waals surface area contributed by atoms with E-state index in [1.807, 2.05) is 6.92 Å². The molecule has 0 bridgehead atoms. The first-order chi connectivity index (χ1) is 11.9. The number of aliphatic carboxylic acids is 1. The Morgan fingerprint density at radius 2 is 2.08 bits per heavy atom. The predicted molar refractivity (Wildman–Crippen MR) is 103 cm³/mol. The number of hydrogen-bond donors (Lipinski definition) is 1. The molecule has 0 spiro atoms. The average molecular weight is 490 g/mol. The monoisotopic (exact) mass is 488 g/mol. The number of thioether (sulfide) groups is 1. The van der Waals surface area contributed by atoms with E-state index in [0.29, 0.717) is 39.2 Å². The summed E-state index contributed by atoms with van der Waals surface area (Å²) >= 11 is 7.75. The number of carboxylic acids is 1. The van der Waals surface area contributed by atoms with Gasteiger partial charge < -0.3 is 14.3 Å². The van der Waals surface area contributed by atoms with Crippen molar-refractivity contribution in [1.29, 1.82) is 0 Å². The van der Waals surface area contributed by atoms with Gasteiger partial charge in [-0.3, -0.25) is 0 Å². The summed E-state index contributed by atoms with van der Waals surface area (Å²) in [5.41, 5.74) is 0.671. The summed E-state index contributed by atoms with van der Waals surface area (Å²) in [6.45, 7) is 5.84. The van der Waals surface area contributed by atoms with Crippen molar-refractivity contribution in [2.45, 2.75) is 18.6 Å². The number of carboxylic acid groups (broad SMARTS) is 1. The van der Waals surface area contributed by atoms with Crippen LogP contribution in [-0.2, 0) is 11.2 Å². The first-order valence-corrected chi connectivity index (χ1v) is 9.52. The van der Waals surface area contributed by atoms with Gasteiger partial charge in [-0.15, -0.1) is 10.2 Å². The molecule has 0 unspecified atom stereocenters. The van der Waals surface area contributed by atoms with Crippen LogP contribution in [0.25, 0.3) is 6.08 Å². The fraction of sp³-hybridized carbons (Fsp3) is 0.188. The minimum Gasteiger partial charge on any atom is -0.487 e. The topological polar surface area (TPSA) is 85.5 Å². The molecule has 1 N–H and O–H groups in total. The lowest BCUT2D eigenvalue weighted by atomic mass is 10.2. The van der Waals surface area contributed by atoms with Crippen molar-refractivity contribution < 1.29 is 19.1 Å². The Morgan fingerprint density at radius 3 is 2.60 bits per heavy atom. The molecule has 2 rings (SSSR count). The van der Waals surface area contributed by atoms with Gasteiger partial charge in [-0.1, -0.05) is 19.6 Å². The summed E-state index contributed by atoms with van der Waals surface area (Å²) in [5.74, 6) is -0.00649. The summed E-state index contributed by atoms with van der Waals surface area (Å²) < 4.78 is 12.3. The molecule has 2 aromatic rings. The fourth-order valence-electron chi connectivity index (χ4n) is 1.75. The Morgan fingerprint density at radius 1 is 1.40 bits per heavy atom. The maximum Gasteiger partial charge on any atom is 0.342 e. The van der Waals surface area contributed by atoms with Crippen molar-refractivity contribution in [3.8, 4) is 5.75 Å². The Bertz CT molecular complexity index is 797. The molecule has 0 radical (unpaired) electrons. The number of halogens is 2. The number of ether oxygens (including phenoxy) is 1. The van der Waals surface area contributed by atoms with E-state index < -0.39 is 5.97 Å². The molecule has 0 saturated heterocycles. The molecule has 0 aliphatic heterocycles. The third-order valence-electron chi connectivity index (χ3n) is 2.82. The second kappa shape index (κ2) is 9.21. The second-order valence-electron chi connectivity index (χ2n) is 4.64. The van der Waals surface area contributed by atoms with Crippen molar-refractivity contribution in [2.24, 2.45) is 0 Å². The Hall–Kier alpha value is -1.58. The summed E-state index contributed by atoms with van der Waals surface area (Å²) in [6.07, 6.45) is 3.75. The smallest absolute Gasteiger partial charge is 0.342 e. The summed E-state index contributed by atoms with van der Waals surface area (Å²) in [5, 5.41) is 17.3. The summed E-state index contributed by atoms with van der Waals surface area (Å²) in [6, 6.07) is 3.52. The van der Waals surface area contributed by atoms with Crippen LogP contribution in [0.1, 0.15) is 18.4 Å². The van der Waals surface area contributed by atoms with Crippen molar-refractivity contribution >= 4 is 55.7 Å². The minimum absolute atomic E-state index is 0.0601. The molecule has 0 fully saturated rings. The van der Waals surface area contributed by atoms with Gasteiger partial charge in [-0.05, 0) is 67.4 Å². The maximum absolute atomic E-state index is 11.5. The number of aromatic nitrogens is 2. The zero-order chi connectivity index (χ0) is 18.4. The lowest BCUT2D eigenvalue weighted by Gasteiger charge is -2.10. The second-order valence-corrected chi connectivity index (χ2v) is 7.35. The molecular formula is C16H14Br2N2O4S. The number of nitrogens with zero attached hydrogens (tertiary/aromatic N) is 2. The van der Waals surface area contributed by atoms with Crippen LogP contribution in [0.15, 0.2) is 48.3 Å². The Kier molecular flexibility index (Phi) is 7.27. The zero-order valence-corrected chi connectivity index (χ0v) is 17.1. The Balaban J connectivity index is 2.30. The van der Waals surface area contributed by atoms with Crippen LogP contribution in [0.4, 0.5) is 0 Å². The van der Waals surface area contributed by atoms with Crippen LogP contribution in [-0.4, -0.2) is 27.9 Å². The highest BCUT2D eigenvalue weighted by Crippen LogP contribution is 2.36. The van der Waals surface area contributed by atoms with Gasteiger partial charge >= 0.3 is 5.97 Å². The number of rotatable bonds is 8. The molecular weight excluding hydrogens is 476 g/mol. The standard InChI is InChI=1S/C16H14Br2N2O4S/c1-3-5-23-14-10(17)6-9(7-11(14)18)8-12(15(21)22)25-16-20-19-13(4-2)24-16/h3,6-8H,1,4-5H2,2H3,(H,21,22)/b12-8-. The van der Waals surface area contributed by atoms with Gasteiger partial charge in [0, 0.05) is 6.42 Å². The number of benzene rings is 1. The molecule has 9 heteroatoms. The van der Waals surface area contributed by atoms with E-state index in [2.05, 4.69) is 48.6 Å². The molecule has 0 aliphatic rings. The van der Waals surface area contributed by atoms with Crippen molar-refractivity contribution in [1.82, 2.24) is 10.2 Å².